The zero-order chi connectivity index (χ0) is 22.3. The first-order chi connectivity index (χ1) is 14.9. The predicted molar refractivity (Wildman–Crippen MR) is 120 cm³/mol. The fourth-order valence-corrected chi connectivity index (χ4v) is 4.68. The van der Waals surface area contributed by atoms with E-state index in [2.05, 4.69) is 11.9 Å². The second kappa shape index (κ2) is 8.25. The van der Waals surface area contributed by atoms with E-state index in [1.54, 1.807) is 31.2 Å². The van der Waals surface area contributed by atoms with E-state index >= 15 is 0 Å². The van der Waals surface area contributed by atoms with Crippen LogP contribution in [0.5, 0.6) is 5.75 Å². The smallest absolute Gasteiger partial charge is 0.336 e. The molecule has 1 aliphatic heterocycles. The molecular formula is C24H19Cl2NO4. The van der Waals surface area contributed by atoms with Gasteiger partial charge in [0.25, 0.3) is 0 Å². The van der Waals surface area contributed by atoms with Gasteiger partial charge in [0, 0.05) is 28.3 Å². The lowest BCUT2D eigenvalue weighted by Crippen LogP contribution is -2.29. The molecule has 1 N–H and O–H groups in total. The van der Waals surface area contributed by atoms with Gasteiger partial charge in [-0.1, -0.05) is 60.1 Å². The van der Waals surface area contributed by atoms with Crippen LogP contribution in [0.15, 0.2) is 65.9 Å². The highest BCUT2D eigenvalue weighted by molar-refractivity contribution is 6.37. The van der Waals surface area contributed by atoms with Crippen molar-refractivity contribution in [3.05, 3.63) is 92.6 Å². The molecule has 5 nitrogen and oxygen atoms in total. The van der Waals surface area contributed by atoms with E-state index < -0.39 is 11.9 Å². The van der Waals surface area contributed by atoms with Gasteiger partial charge in [0.05, 0.1) is 28.4 Å². The van der Waals surface area contributed by atoms with Crippen LogP contribution in [0.25, 0.3) is 5.70 Å². The van der Waals surface area contributed by atoms with Gasteiger partial charge in [0.1, 0.15) is 6.61 Å². The van der Waals surface area contributed by atoms with Crippen molar-refractivity contribution in [2.45, 2.75) is 12.8 Å². The molecule has 2 aromatic rings. The summed E-state index contributed by atoms with van der Waals surface area (Å²) in [6, 6.07) is 10.7. The topological polar surface area (TPSA) is 64.6 Å². The Hall–Kier alpha value is -3.02. The van der Waals surface area contributed by atoms with E-state index in [0.717, 1.165) is 5.56 Å². The van der Waals surface area contributed by atoms with E-state index in [1.165, 1.54) is 7.11 Å². The highest BCUT2D eigenvalue weighted by atomic mass is 35.5. The number of carbonyl (C=O) groups excluding carboxylic acids is 2. The summed E-state index contributed by atoms with van der Waals surface area (Å²) in [6.07, 6.45) is 1.58. The Morgan fingerprint density at radius 1 is 1.19 bits per heavy atom. The summed E-state index contributed by atoms with van der Waals surface area (Å²) in [5, 5.41) is 3.78. The molecule has 0 aromatic heterocycles. The number of fused-ring (bicyclic) bond motifs is 2. The number of hydrogen-bond donors (Lipinski definition) is 1. The number of halogens is 2. The van der Waals surface area contributed by atoms with E-state index in [1.807, 2.05) is 18.2 Å². The fourth-order valence-electron chi connectivity index (χ4n) is 4.07. The molecule has 0 spiro atoms. The number of benzene rings is 2. The molecule has 0 unspecified atom stereocenters. The molecular weight excluding hydrogens is 437 g/mol. The maximum absolute atomic E-state index is 13.4. The number of ether oxygens (including phenoxy) is 2. The number of ketones is 1. The Labute approximate surface area is 189 Å². The van der Waals surface area contributed by atoms with E-state index in [4.69, 9.17) is 32.7 Å². The largest absolute Gasteiger partial charge is 0.486 e. The first-order valence-corrected chi connectivity index (χ1v) is 10.3. The summed E-state index contributed by atoms with van der Waals surface area (Å²) in [7, 11) is 1.31. The monoisotopic (exact) mass is 455 g/mol. The van der Waals surface area contributed by atoms with Gasteiger partial charge in [-0.2, -0.15) is 0 Å². The summed E-state index contributed by atoms with van der Waals surface area (Å²) in [4.78, 5) is 26.1. The number of hydrogen-bond acceptors (Lipinski definition) is 5. The number of esters is 1. The average molecular weight is 456 g/mol. The van der Waals surface area contributed by atoms with Crippen molar-refractivity contribution >= 4 is 40.7 Å². The quantitative estimate of drug-likeness (QED) is 0.489. The van der Waals surface area contributed by atoms with Crippen molar-refractivity contribution in [1.82, 2.24) is 5.32 Å². The lowest BCUT2D eigenvalue weighted by molar-refractivity contribution is -0.136. The molecule has 31 heavy (non-hydrogen) atoms. The van der Waals surface area contributed by atoms with Crippen LogP contribution in [0.4, 0.5) is 0 Å². The molecule has 0 saturated heterocycles. The van der Waals surface area contributed by atoms with Gasteiger partial charge in [-0.3, -0.25) is 4.79 Å². The molecule has 0 fully saturated rings. The molecule has 2 aromatic carbocycles. The molecule has 0 bridgehead atoms. The Bertz CT molecular complexity index is 1170. The highest BCUT2D eigenvalue weighted by Crippen LogP contribution is 2.48. The third kappa shape index (κ3) is 3.44. The van der Waals surface area contributed by atoms with Gasteiger partial charge in [-0.05, 0) is 24.6 Å². The number of allylic oxidation sites excluding steroid dienone is 2. The normalized spacial score (nSPS) is 17.2. The van der Waals surface area contributed by atoms with E-state index in [9.17, 15) is 9.59 Å². The molecule has 0 amide bonds. The summed E-state index contributed by atoms with van der Waals surface area (Å²) in [5.41, 5.74) is 4.02. The number of nitrogens with one attached hydrogen (secondary N) is 1. The number of carbonyl (C=O) groups is 2. The van der Waals surface area contributed by atoms with Crippen molar-refractivity contribution in [3.63, 3.8) is 0 Å². The molecule has 1 heterocycles. The van der Waals surface area contributed by atoms with Crippen LogP contribution in [0.3, 0.4) is 0 Å². The SMILES string of the molecule is C=CCOc1c(Cl)cc([C@@H]2C(C(=O)OC)=C(C)NC3=C2C(=O)c2ccccc23)cc1Cl. The minimum atomic E-state index is -0.702. The lowest BCUT2D eigenvalue weighted by atomic mass is 9.80. The van der Waals surface area contributed by atoms with Crippen LogP contribution in [-0.2, 0) is 9.53 Å². The molecule has 4 rings (SSSR count). The van der Waals surface area contributed by atoms with Crippen LogP contribution in [-0.4, -0.2) is 25.5 Å². The van der Waals surface area contributed by atoms with Gasteiger partial charge < -0.3 is 14.8 Å². The number of methoxy groups -OCH3 is 1. The van der Waals surface area contributed by atoms with Crippen molar-refractivity contribution < 1.29 is 19.1 Å². The van der Waals surface area contributed by atoms with Gasteiger partial charge in [-0.15, -0.1) is 0 Å². The van der Waals surface area contributed by atoms with Crippen LogP contribution in [0.1, 0.15) is 34.3 Å². The fraction of sp³-hybridized carbons (Fsp3) is 0.167. The molecule has 1 aliphatic carbocycles. The van der Waals surface area contributed by atoms with Crippen LogP contribution < -0.4 is 10.1 Å². The molecule has 2 aliphatic rings. The predicted octanol–water partition coefficient (Wildman–Crippen LogP) is 5.30. The molecule has 0 saturated carbocycles. The summed E-state index contributed by atoms with van der Waals surface area (Å²) < 4.78 is 10.6. The maximum Gasteiger partial charge on any atom is 0.336 e. The zero-order valence-corrected chi connectivity index (χ0v) is 18.4. The number of Topliss-reactive ketones (excluding diaryl/α,β-unsaturated/α-hetero) is 1. The molecule has 158 valence electrons. The molecule has 1 atom stereocenters. The Balaban J connectivity index is 1.92. The number of dihydropyridines is 1. The Kier molecular flexibility index (Phi) is 5.65. The van der Waals surface area contributed by atoms with Crippen molar-refractivity contribution in [1.29, 1.82) is 0 Å². The van der Waals surface area contributed by atoms with Gasteiger partial charge in [0.15, 0.2) is 11.5 Å². The second-order valence-electron chi connectivity index (χ2n) is 7.17. The summed E-state index contributed by atoms with van der Waals surface area (Å²) in [5.74, 6) is -1.08. The van der Waals surface area contributed by atoms with Crippen molar-refractivity contribution in [2.75, 3.05) is 13.7 Å². The van der Waals surface area contributed by atoms with E-state index in [0.29, 0.717) is 39.4 Å². The maximum atomic E-state index is 13.4. The van der Waals surface area contributed by atoms with Crippen LogP contribution in [0.2, 0.25) is 10.0 Å². The molecule has 7 heteroatoms. The summed E-state index contributed by atoms with van der Waals surface area (Å²) in [6.45, 7) is 5.63. The molecule has 0 radical (unpaired) electrons. The average Bonchev–Trinajstić information content (AvgIpc) is 3.03. The minimum absolute atomic E-state index is 0.156. The highest BCUT2D eigenvalue weighted by Gasteiger charge is 2.43. The van der Waals surface area contributed by atoms with Crippen molar-refractivity contribution in [3.8, 4) is 5.75 Å². The third-order valence-electron chi connectivity index (χ3n) is 5.35. The zero-order valence-electron chi connectivity index (χ0n) is 16.9. The van der Waals surface area contributed by atoms with E-state index in [-0.39, 0.29) is 22.4 Å². The van der Waals surface area contributed by atoms with Crippen LogP contribution in [0, 0.1) is 0 Å². The second-order valence-corrected chi connectivity index (χ2v) is 7.98. The Morgan fingerprint density at radius 3 is 2.45 bits per heavy atom. The lowest BCUT2D eigenvalue weighted by Gasteiger charge is -2.29. The Morgan fingerprint density at radius 2 is 1.84 bits per heavy atom. The van der Waals surface area contributed by atoms with Crippen LogP contribution >= 0.6 is 23.2 Å². The van der Waals surface area contributed by atoms with Crippen molar-refractivity contribution in [2.24, 2.45) is 0 Å². The summed E-state index contributed by atoms with van der Waals surface area (Å²) >= 11 is 12.9. The third-order valence-corrected chi connectivity index (χ3v) is 5.92. The number of rotatable bonds is 5. The minimum Gasteiger partial charge on any atom is -0.486 e. The first kappa shape index (κ1) is 21.2. The van der Waals surface area contributed by atoms with Gasteiger partial charge >= 0.3 is 5.97 Å². The van der Waals surface area contributed by atoms with Gasteiger partial charge in [0.2, 0.25) is 0 Å². The van der Waals surface area contributed by atoms with Gasteiger partial charge in [-0.25, -0.2) is 4.79 Å². The first-order valence-electron chi connectivity index (χ1n) is 9.56. The standard InChI is InChI=1S/C24H19Cl2NO4/c1-4-9-31-23-16(25)10-13(11-17(23)26)19-18(24(29)30-3)12(2)27-21-14-7-5-6-8-15(14)22(28)20(19)21/h4-8,10-11,19,27H,1,9H2,2-3H3/t19-/m1/s1.